The molecule has 0 spiro atoms. The standard InChI is InChI=1S/C19H25N3O3S2/c1-2-19(8-4-3-5-9-19)16(20)14-6-7-15(23)22(14)10-11-26-18-21-13(12-27-18)17(24)25/h1,12,14,16H,3-11,20H2,(H,24,25)/t14-,16?/m1/s1. The molecule has 1 aliphatic carbocycles. The van der Waals surface area contributed by atoms with Crippen LogP contribution in [0.2, 0.25) is 0 Å². The Labute approximate surface area is 167 Å². The second-order valence-electron chi connectivity index (χ2n) is 7.23. The number of hydrogen-bond donors (Lipinski definition) is 2. The SMILES string of the molecule is C#CC1(C(N)[C@H]2CCC(=O)N2CCSc2nc(C(=O)O)cs2)CCCCC1. The number of aromatic nitrogens is 1. The fraction of sp³-hybridized carbons (Fsp3) is 0.632. The van der Waals surface area contributed by atoms with Gasteiger partial charge in [-0.1, -0.05) is 36.9 Å². The number of aromatic carboxylic acids is 1. The molecule has 0 radical (unpaired) electrons. The van der Waals surface area contributed by atoms with Gasteiger partial charge >= 0.3 is 5.97 Å². The second-order valence-corrected chi connectivity index (χ2v) is 9.43. The molecule has 1 amide bonds. The van der Waals surface area contributed by atoms with Crippen molar-refractivity contribution >= 4 is 35.0 Å². The van der Waals surface area contributed by atoms with E-state index >= 15 is 0 Å². The highest BCUT2D eigenvalue weighted by Crippen LogP contribution is 2.41. The van der Waals surface area contributed by atoms with E-state index in [0.717, 1.165) is 32.1 Å². The summed E-state index contributed by atoms with van der Waals surface area (Å²) in [7, 11) is 0. The molecule has 1 aromatic rings. The van der Waals surface area contributed by atoms with Gasteiger partial charge in [-0.25, -0.2) is 9.78 Å². The van der Waals surface area contributed by atoms with Crippen LogP contribution in [0.25, 0.3) is 0 Å². The number of thioether (sulfide) groups is 1. The van der Waals surface area contributed by atoms with E-state index in [0.29, 0.717) is 23.1 Å². The van der Waals surface area contributed by atoms with E-state index in [-0.39, 0.29) is 29.1 Å². The number of rotatable bonds is 7. The zero-order valence-electron chi connectivity index (χ0n) is 15.2. The Bertz CT molecular complexity index is 737. The molecule has 2 aliphatic rings. The van der Waals surface area contributed by atoms with Crippen LogP contribution < -0.4 is 5.73 Å². The molecule has 2 heterocycles. The number of likely N-dealkylation sites (tertiary alicyclic amines) is 1. The Morgan fingerprint density at radius 3 is 2.89 bits per heavy atom. The van der Waals surface area contributed by atoms with Crippen LogP contribution in [-0.2, 0) is 4.79 Å². The van der Waals surface area contributed by atoms with Gasteiger partial charge in [0.2, 0.25) is 5.91 Å². The van der Waals surface area contributed by atoms with Crippen molar-refractivity contribution in [1.82, 2.24) is 9.88 Å². The summed E-state index contributed by atoms with van der Waals surface area (Å²) in [6, 6.07) is -0.212. The van der Waals surface area contributed by atoms with Gasteiger partial charge in [0.05, 0.1) is 0 Å². The van der Waals surface area contributed by atoms with Gasteiger partial charge in [0.15, 0.2) is 10.0 Å². The number of nitrogens with zero attached hydrogens (tertiary/aromatic N) is 2. The van der Waals surface area contributed by atoms with Crippen molar-refractivity contribution in [1.29, 1.82) is 0 Å². The van der Waals surface area contributed by atoms with E-state index in [4.69, 9.17) is 17.3 Å². The summed E-state index contributed by atoms with van der Waals surface area (Å²) in [5.41, 5.74) is 6.41. The number of nitrogens with two attached hydrogens (primary N) is 1. The zero-order valence-corrected chi connectivity index (χ0v) is 16.9. The first-order valence-electron chi connectivity index (χ1n) is 9.31. The summed E-state index contributed by atoms with van der Waals surface area (Å²) in [6.07, 6.45) is 12.5. The summed E-state index contributed by atoms with van der Waals surface area (Å²) in [5, 5.41) is 10.5. The van der Waals surface area contributed by atoms with Crippen molar-refractivity contribution in [3.05, 3.63) is 11.1 Å². The van der Waals surface area contributed by atoms with Crippen LogP contribution >= 0.6 is 23.1 Å². The number of terminal acetylenes is 1. The monoisotopic (exact) mass is 407 g/mol. The maximum atomic E-state index is 12.4. The number of carbonyl (C=O) groups is 2. The fourth-order valence-corrected chi connectivity index (χ4v) is 6.01. The molecule has 1 aliphatic heterocycles. The summed E-state index contributed by atoms with van der Waals surface area (Å²) >= 11 is 2.78. The topological polar surface area (TPSA) is 96.5 Å². The van der Waals surface area contributed by atoms with Gasteiger partial charge in [0.25, 0.3) is 0 Å². The highest BCUT2D eigenvalue weighted by Gasteiger charge is 2.45. The first-order chi connectivity index (χ1) is 13.0. The van der Waals surface area contributed by atoms with Gasteiger partial charge in [-0.3, -0.25) is 4.79 Å². The van der Waals surface area contributed by atoms with Crippen LogP contribution in [0, 0.1) is 17.8 Å². The molecule has 3 N–H and O–H groups in total. The second kappa shape index (κ2) is 8.63. The summed E-state index contributed by atoms with van der Waals surface area (Å²) in [5.74, 6) is 2.76. The maximum absolute atomic E-state index is 12.4. The molecule has 0 bridgehead atoms. The quantitative estimate of drug-likeness (QED) is 0.533. The average Bonchev–Trinajstić information content (AvgIpc) is 3.29. The number of hydrogen-bond acceptors (Lipinski definition) is 6. The molecule has 1 saturated carbocycles. The number of carboxylic acid groups (broad SMARTS) is 1. The summed E-state index contributed by atoms with van der Waals surface area (Å²) in [4.78, 5) is 29.3. The Hall–Kier alpha value is -1.56. The Balaban J connectivity index is 1.61. The molecule has 2 atom stereocenters. The lowest BCUT2D eigenvalue weighted by Gasteiger charge is -2.43. The van der Waals surface area contributed by atoms with Crippen molar-refractivity contribution in [3.63, 3.8) is 0 Å². The third-order valence-corrected chi connectivity index (χ3v) is 7.72. The van der Waals surface area contributed by atoms with Gasteiger partial charge in [0, 0.05) is 41.6 Å². The largest absolute Gasteiger partial charge is 0.476 e. The molecule has 1 unspecified atom stereocenters. The van der Waals surface area contributed by atoms with E-state index in [1.807, 2.05) is 4.90 Å². The van der Waals surface area contributed by atoms with E-state index in [2.05, 4.69) is 10.9 Å². The van der Waals surface area contributed by atoms with Gasteiger partial charge < -0.3 is 15.7 Å². The molecule has 1 saturated heterocycles. The van der Waals surface area contributed by atoms with Gasteiger partial charge in [0.1, 0.15) is 0 Å². The van der Waals surface area contributed by atoms with E-state index in [1.165, 1.54) is 34.9 Å². The number of thiazole rings is 1. The number of amides is 1. The van der Waals surface area contributed by atoms with Crippen molar-refractivity contribution in [2.24, 2.45) is 11.1 Å². The van der Waals surface area contributed by atoms with Gasteiger partial charge in [-0.05, 0) is 19.3 Å². The molecule has 8 heteroatoms. The predicted octanol–water partition coefficient (Wildman–Crippen LogP) is 2.84. The molecule has 146 valence electrons. The van der Waals surface area contributed by atoms with Gasteiger partial charge in [-0.2, -0.15) is 0 Å². The van der Waals surface area contributed by atoms with Crippen LogP contribution in [0.15, 0.2) is 9.72 Å². The van der Waals surface area contributed by atoms with Crippen LogP contribution in [0.5, 0.6) is 0 Å². The summed E-state index contributed by atoms with van der Waals surface area (Å²) < 4.78 is 0.701. The predicted molar refractivity (Wildman–Crippen MR) is 107 cm³/mol. The Kier molecular flexibility index (Phi) is 6.45. The molecular weight excluding hydrogens is 382 g/mol. The van der Waals surface area contributed by atoms with Crippen molar-refractivity contribution in [3.8, 4) is 12.3 Å². The van der Waals surface area contributed by atoms with Crippen molar-refractivity contribution in [2.75, 3.05) is 12.3 Å². The zero-order chi connectivity index (χ0) is 19.4. The van der Waals surface area contributed by atoms with E-state index in [1.54, 1.807) is 0 Å². The fourth-order valence-electron chi connectivity index (χ4n) is 4.20. The first kappa shape index (κ1) is 20.2. The van der Waals surface area contributed by atoms with Crippen molar-refractivity contribution in [2.45, 2.75) is 61.4 Å². The molecule has 0 aromatic carbocycles. The number of carbonyl (C=O) groups excluding carboxylic acids is 1. The van der Waals surface area contributed by atoms with E-state index < -0.39 is 5.97 Å². The van der Waals surface area contributed by atoms with Crippen molar-refractivity contribution < 1.29 is 14.7 Å². The normalized spacial score (nSPS) is 23.2. The molecule has 2 fully saturated rings. The molecular formula is C19H25N3O3S2. The molecule has 3 rings (SSSR count). The third-order valence-electron chi connectivity index (χ3n) is 5.72. The lowest BCUT2D eigenvalue weighted by atomic mass is 9.67. The highest BCUT2D eigenvalue weighted by atomic mass is 32.2. The minimum Gasteiger partial charge on any atom is -0.476 e. The van der Waals surface area contributed by atoms with E-state index in [9.17, 15) is 9.59 Å². The first-order valence-corrected chi connectivity index (χ1v) is 11.2. The van der Waals surface area contributed by atoms with Crippen LogP contribution in [0.3, 0.4) is 0 Å². The number of carboxylic acids is 1. The molecule has 27 heavy (non-hydrogen) atoms. The average molecular weight is 408 g/mol. The van der Waals surface area contributed by atoms with Crippen LogP contribution in [-0.4, -0.2) is 51.2 Å². The van der Waals surface area contributed by atoms with Gasteiger partial charge in [-0.15, -0.1) is 17.8 Å². The minimum atomic E-state index is -1.02. The molecule has 1 aromatic heterocycles. The van der Waals surface area contributed by atoms with Crippen LogP contribution in [0.4, 0.5) is 0 Å². The minimum absolute atomic E-state index is 0.0156. The lowest BCUT2D eigenvalue weighted by molar-refractivity contribution is -0.129. The van der Waals surface area contributed by atoms with Crippen LogP contribution in [0.1, 0.15) is 55.4 Å². The maximum Gasteiger partial charge on any atom is 0.355 e. The Morgan fingerprint density at radius 2 is 2.26 bits per heavy atom. The lowest BCUT2D eigenvalue weighted by Crippen LogP contribution is -2.55. The smallest absolute Gasteiger partial charge is 0.355 e. The third kappa shape index (κ3) is 4.31. The summed E-state index contributed by atoms with van der Waals surface area (Å²) in [6.45, 7) is 0.574. The Morgan fingerprint density at radius 1 is 1.52 bits per heavy atom. The highest BCUT2D eigenvalue weighted by molar-refractivity contribution is 8.01. The molecule has 6 nitrogen and oxygen atoms in total.